The van der Waals surface area contributed by atoms with Crippen molar-refractivity contribution in [3.63, 3.8) is 0 Å². The molecule has 0 saturated carbocycles. The number of carbonyl (C=O) groups is 1. The fourth-order valence-corrected chi connectivity index (χ4v) is 2.92. The van der Waals surface area contributed by atoms with Crippen molar-refractivity contribution in [3.8, 4) is 0 Å². The molecule has 1 unspecified atom stereocenters. The van der Waals surface area contributed by atoms with Crippen LogP contribution in [0.3, 0.4) is 0 Å². The number of hydrogen-bond donors (Lipinski definition) is 0. The normalized spacial score (nSPS) is 18.9. The van der Waals surface area contributed by atoms with Gasteiger partial charge in [0.25, 0.3) is 0 Å². The highest BCUT2D eigenvalue weighted by molar-refractivity contribution is 7.09. The predicted octanol–water partition coefficient (Wildman–Crippen LogP) is 0.641. The summed E-state index contributed by atoms with van der Waals surface area (Å²) in [4.78, 5) is 20.2. The van der Waals surface area contributed by atoms with E-state index in [2.05, 4.69) is 14.3 Å². The largest absolute Gasteiger partial charge is 0.384 e. The second kappa shape index (κ2) is 6.29. The molecule has 1 fully saturated rings. The summed E-state index contributed by atoms with van der Waals surface area (Å²) in [5.41, 5.74) is 0. The Labute approximate surface area is 117 Å². The molecule has 2 heterocycles. The smallest absolute Gasteiger partial charge is 0.227 e. The van der Waals surface area contributed by atoms with E-state index in [1.807, 2.05) is 0 Å². The van der Waals surface area contributed by atoms with Gasteiger partial charge in [0, 0.05) is 52.2 Å². The van der Waals surface area contributed by atoms with E-state index in [9.17, 15) is 4.79 Å². The first-order chi connectivity index (χ1) is 9.11. The lowest BCUT2D eigenvalue weighted by Gasteiger charge is -2.17. The number of nitrogens with zero attached hydrogens (tertiary/aromatic N) is 4. The lowest BCUT2D eigenvalue weighted by Crippen LogP contribution is -2.31. The molecule has 1 aromatic heterocycles. The maximum Gasteiger partial charge on any atom is 0.227 e. The van der Waals surface area contributed by atoms with Gasteiger partial charge in [0.15, 0.2) is 0 Å². The Hall–Kier alpha value is -1.21. The minimum Gasteiger partial charge on any atom is -0.384 e. The molecule has 1 amide bonds. The molecular weight excluding hydrogens is 264 g/mol. The Balaban J connectivity index is 1.93. The number of ether oxygens (including phenoxy) is 1. The minimum absolute atomic E-state index is 0.0846. The lowest BCUT2D eigenvalue weighted by molar-refractivity contribution is -0.132. The summed E-state index contributed by atoms with van der Waals surface area (Å²) in [7, 11) is 5.28. The number of rotatable bonds is 5. The van der Waals surface area contributed by atoms with Crippen LogP contribution in [0.2, 0.25) is 0 Å². The molecule has 106 valence electrons. The summed E-state index contributed by atoms with van der Waals surface area (Å²) in [5, 5.41) is 0.917. The molecule has 0 N–H and O–H groups in total. The molecular formula is C12H20N4O2S. The molecule has 0 aromatic carbocycles. The van der Waals surface area contributed by atoms with Gasteiger partial charge in [0.05, 0.1) is 12.5 Å². The van der Waals surface area contributed by atoms with Crippen molar-refractivity contribution in [2.45, 2.75) is 12.8 Å². The van der Waals surface area contributed by atoms with Crippen LogP contribution in [0.5, 0.6) is 0 Å². The maximum absolute atomic E-state index is 11.9. The van der Waals surface area contributed by atoms with Crippen LogP contribution in [0.4, 0.5) is 5.13 Å². The third-order valence-corrected chi connectivity index (χ3v) is 4.05. The highest BCUT2D eigenvalue weighted by Gasteiger charge is 2.30. The van der Waals surface area contributed by atoms with Crippen LogP contribution < -0.4 is 4.90 Å². The van der Waals surface area contributed by atoms with E-state index in [-0.39, 0.29) is 11.8 Å². The number of aromatic nitrogens is 2. The first-order valence-corrected chi connectivity index (χ1v) is 7.16. The van der Waals surface area contributed by atoms with E-state index in [1.54, 1.807) is 26.1 Å². The van der Waals surface area contributed by atoms with Crippen LogP contribution in [0.15, 0.2) is 0 Å². The van der Waals surface area contributed by atoms with Gasteiger partial charge in [-0.2, -0.15) is 4.37 Å². The first-order valence-electron chi connectivity index (χ1n) is 6.39. The molecule has 1 aliphatic heterocycles. The fourth-order valence-electron chi connectivity index (χ4n) is 2.17. The topological polar surface area (TPSA) is 58.6 Å². The molecule has 6 nitrogen and oxygen atoms in total. The SMILES string of the molecule is COCCc1nsc(N2CCC(C(=O)N(C)C)C2)n1. The average Bonchev–Trinajstić information content (AvgIpc) is 3.03. The number of hydrogen-bond acceptors (Lipinski definition) is 6. The number of anilines is 1. The van der Waals surface area contributed by atoms with E-state index in [0.29, 0.717) is 6.61 Å². The molecule has 19 heavy (non-hydrogen) atoms. The Morgan fingerprint density at radius 1 is 1.58 bits per heavy atom. The summed E-state index contributed by atoms with van der Waals surface area (Å²) in [5.74, 6) is 1.11. The molecule has 0 spiro atoms. The van der Waals surface area contributed by atoms with Crippen molar-refractivity contribution in [3.05, 3.63) is 5.82 Å². The van der Waals surface area contributed by atoms with Crippen LogP contribution in [0.25, 0.3) is 0 Å². The summed E-state index contributed by atoms with van der Waals surface area (Å²) in [6, 6.07) is 0. The lowest BCUT2D eigenvalue weighted by atomic mass is 10.1. The summed E-state index contributed by atoms with van der Waals surface area (Å²) < 4.78 is 9.33. The fraction of sp³-hybridized carbons (Fsp3) is 0.750. The Kier molecular flexibility index (Phi) is 4.71. The molecule has 2 rings (SSSR count). The Morgan fingerprint density at radius 2 is 2.37 bits per heavy atom. The number of methoxy groups -OCH3 is 1. The maximum atomic E-state index is 11.9. The highest BCUT2D eigenvalue weighted by atomic mass is 32.1. The van der Waals surface area contributed by atoms with Gasteiger partial charge < -0.3 is 14.5 Å². The van der Waals surface area contributed by atoms with Gasteiger partial charge >= 0.3 is 0 Å². The van der Waals surface area contributed by atoms with E-state index >= 15 is 0 Å². The zero-order valence-corrected chi connectivity index (χ0v) is 12.4. The predicted molar refractivity (Wildman–Crippen MR) is 74.5 cm³/mol. The van der Waals surface area contributed by atoms with Crippen LogP contribution in [0.1, 0.15) is 12.2 Å². The monoisotopic (exact) mass is 284 g/mol. The molecule has 1 aliphatic rings. The summed E-state index contributed by atoms with van der Waals surface area (Å²) in [6.07, 6.45) is 1.63. The van der Waals surface area contributed by atoms with E-state index in [0.717, 1.165) is 36.9 Å². The molecule has 1 aromatic rings. The second-order valence-corrected chi connectivity index (χ2v) is 5.63. The molecule has 1 atom stereocenters. The molecule has 7 heteroatoms. The van der Waals surface area contributed by atoms with Gasteiger partial charge in [-0.15, -0.1) is 0 Å². The van der Waals surface area contributed by atoms with Crippen molar-refractivity contribution in [1.82, 2.24) is 14.3 Å². The van der Waals surface area contributed by atoms with E-state index in [4.69, 9.17) is 4.74 Å². The van der Waals surface area contributed by atoms with Crippen molar-refractivity contribution >= 4 is 22.6 Å². The molecule has 1 saturated heterocycles. The molecule has 0 aliphatic carbocycles. The average molecular weight is 284 g/mol. The van der Waals surface area contributed by atoms with Gasteiger partial charge in [-0.3, -0.25) is 4.79 Å². The van der Waals surface area contributed by atoms with Crippen molar-refractivity contribution in [2.75, 3.05) is 45.8 Å². The van der Waals surface area contributed by atoms with Gasteiger partial charge in [-0.25, -0.2) is 4.98 Å². The van der Waals surface area contributed by atoms with Crippen molar-refractivity contribution < 1.29 is 9.53 Å². The second-order valence-electron chi connectivity index (χ2n) is 4.90. The van der Waals surface area contributed by atoms with Gasteiger partial charge in [0.2, 0.25) is 11.0 Å². The molecule has 0 radical (unpaired) electrons. The third-order valence-electron chi connectivity index (χ3n) is 3.24. The number of amides is 1. The van der Waals surface area contributed by atoms with Gasteiger partial charge in [-0.05, 0) is 6.42 Å². The van der Waals surface area contributed by atoms with Crippen molar-refractivity contribution in [1.29, 1.82) is 0 Å². The standard InChI is InChI=1S/C12H20N4O2S/c1-15(2)11(17)9-4-6-16(8-9)12-13-10(14-19-12)5-7-18-3/h9H,4-8H2,1-3H3. The van der Waals surface area contributed by atoms with Crippen molar-refractivity contribution in [2.24, 2.45) is 5.92 Å². The van der Waals surface area contributed by atoms with Crippen LogP contribution >= 0.6 is 11.5 Å². The zero-order chi connectivity index (χ0) is 13.8. The van der Waals surface area contributed by atoms with Crippen LogP contribution in [-0.2, 0) is 16.0 Å². The number of carbonyl (C=O) groups excluding carboxylic acids is 1. The zero-order valence-electron chi connectivity index (χ0n) is 11.6. The van der Waals surface area contributed by atoms with Crippen LogP contribution in [0, 0.1) is 5.92 Å². The van der Waals surface area contributed by atoms with E-state index in [1.165, 1.54) is 11.5 Å². The minimum atomic E-state index is 0.0846. The van der Waals surface area contributed by atoms with Gasteiger partial charge in [0.1, 0.15) is 5.82 Å². The highest BCUT2D eigenvalue weighted by Crippen LogP contribution is 2.26. The third kappa shape index (κ3) is 3.42. The first kappa shape index (κ1) is 14.2. The van der Waals surface area contributed by atoms with Gasteiger partial charge in [-0.1, -0.05) is 0 Å². The van der Waals surface area contributed by atoms with Crippen LogP contribution in [-0.4, -0.2) is 61.1 Å². The quantitative estimate of drug-likeness (QED) is 0.794. The van der Waals surface area contributed by atoms with E-state index < -0.39 is 0 Å². The summed E-state index contributed by atoms with van der Waals surface area (Å²) in [6.45, 7) is 2.26. The summed E-state index contributed by atoms with van der Waals surface area (Å²) >= 11 is 1.40. The molecule has 0 bridgehead atoms. The Morgan fingerprint density at radius 3 is 3.05 bits per heavy atom. The Bertz CT molecular complexity index is 435.